The largest absolute Gasteiger partial charge is 0.497 e. The number of carbonyl (C=O) groups is 4. The molecule has 4 aromatic carbocycles. The second-order valence-corrected chi connectivity index (χ2v) is 23.5. The fourth-order valence-corrected chi connectivity index (χ4v) is 11.7. The van der Waals surface area contributed by atoms with Crippen molar-refractivity contribution in [2.75, 3.05) is 77.3 Å². The van der Waals surface area contributed by atoms with Gasteiger partial charge in [-0.15, -0.1) is 0 Å². The smallest absolute Gasteiger partial charge is 0.433 e. The van der Waals surface area contributed by atoms with Gasteiger partial charge in [0.05, 0.1) is 63.3 Å². The van der Waals surface area contributed by atoms with Crippen molar-refractivity contribution >= 4 is 46.3 Å². The number of aliphatic hydroxyl groups is 2. The van der Waals surface area contributed by atoms with Crippen LogP contribution in [0.25, 0.3) is 33.8 Å². The number of aromatic nitrogens is 6. The minimum absolute atomic E-state index is 0.0344. The van der Waals surface area contributed by atoms with Crippen LogP contribution in [0.5, 0.6) is 11.5 Å². The zero-order valence-corrected chi connectivity index (χ0v) is 52.6. The number of methoxy groups -OCH3 is 2. The normalized spacial score (nSPS) is 16.6. The van der Waals surface area contributed by atoms with E-state index in [2.05, 4.69) is 40.6 Å². The maximum absolute atomic E-state index is 14.4. The second kappa shape index (κ2) is 27.9. The van der Waals surface area contributed by atoms with Gasteiger partial charge in [0, 0.05) is 96.8 Å². The number of benzene rings is 4. The number of rotatable bonds is 16. The fourth-order valence-electron chi connectivity index (χ4n) is 11.7. The highest BCUT2D eigenvalue weighted by molar-refractivity contribution is 6.01. The zero-order valence-electron chi connectivity index (χ0n) is 52.6. The average Bonchev–Trinajstić information content (AvgIpc) is 1.49. The van der Waals surface area contributed by atoms with Crippen LogP contribution in [0.1, 0.15) is 108 Å². The van der Waals surface area contributed by atoms with E-state index in [1.165, 1.54) is 28.1 Å². The van der Waals surface area contributed by atoms with Crippen molar-refractivity contribution < 1.29 is 65.2 Å². The summed E-state index contributed by atoms with van der Waals surface area (Å²) in [6.45, 7) is 15.4. The van der Waals surface area contributed by atoms with Crippen LogP contribution in [0.4, 0.5) is 37.7 Å². The molecule has 4 atom stereocenters. The predicted octanol–water partition coefficient (Wildman–Crippen LogP) is 10.4. The van der Waals surface area contributed by atoms with E-state index in [-0.39, 0.29) is 107 Å². The summed E-state index contributed by atoms with van der Waals surface area (Å²) in [4.78, 5) is 68.6. The zero-order chi connectivity index (χ0) is 66.7. The van der Waals surface area contributed by atoms with Crippen LogP contribution in [0.15, 0.2) is 109 Å². The van der Waals surface area contributed by atoms with Gasteiger partial charge in [0.2, 0.25) is 11.8 Å². The summed E-state index contributed by atoms with van der Waals surface area (Å²) in [6.07, 6.45) is -7.23. The second-order valence-electron chi connectivity index (χ2n) is 23.5. The van der Waals surface area contributed by atoms with Gasteiger partial charge in [-0.1, -0.05) is 52.0 Å². The fraction of sp³-hybridized carbons (Fsp3) is 0.394. The molecule has 26 heteroatoms. The van der Waals surface area contributed by atoms with E-state index in [0.717, 1.165) is 23.5 Å². The van der Waals surface area contributed by atoms with Crippen molar-refractivity contribution in [2.45, 2.75) is 91.9 Å². The Bertz CT molecular complexity index is 3730. The molecule has 4 amide bonds. The van der Waals surface area contributed by atoms with Crippen LogP contribution in [-0.4, -0.2) is 161 Å². The average molecular weight is 1280 g/mol. The van der Waals surface area contributed by atoms with E-state index in [4.69, 9.17) is 9.47 Å². The number of piperazine rings is 2. The molecule has 10 rings (SSSR count). The number of carbonyl (C=O) groups excluding carboxylic acids is 4. The van der Waals surface area contributed by atoms with E-state index < -0.39 is 47.6 Å². The molecule has 2 fully saturated rings. The van der Waals surface area contributed by atoms with Gasteiger partial charge in [-0.2, -0.15) is 36.5 Å². The van der Waals surface area contributed by atoms with Crippen LogP contribution >= 0.6 is 0 Å². The molecule has 4 aromatic heterocycles. The highest BCUT2D eigenvalue weighted by atomic mass is 19.4. The number of aliphatic hydroxyl groups excluding tert-OH is 2. The first-order chi connectivity index (χ1) is 43.7. The minimum atomic E-state index is -4.76. The van der Waals surface area contributed by atoms with Crippen LogP contribution in [0, 0.1) is 25.7 Å². The molecule has 4 N–H and O–H groups in total. The molecule has 0 aliphatic carbocycles. The first-order valence-corrected chi connectivity index (χ1v) is 30.0. The lowest BCUT2D eigenvalue weighted by Gasteiger charge is -2.43. The summed E-state index contributed by atoms with van der Waals surface area (Å²) < 4.78 is 98.1. The van der Waals surface area contributed by atoms with Crippen LogP contribution < -0.4 is 20.1 Å². The number of amides is 4. The van der Waals surface area contributed by atoms with E-state index in [0.29, 0.717) is 69.2 Å². The van der Waals surface area contributed by atoms with Gasteiger partial charge in [-0.3, -0.25) is 29.0 Å². The Morgan fingerprint density at radius 1 is 0.565 bits per heavy atom. The lowest BCUT2D eigenvalue weighted by molar-refractivity contribution is -0.144. The Morgan fingerprint density at radius 2 is 0.924 bits per heavy atom. The van der Waals surface area contributed by atoms with Crippen molar-refractivity contribution in [1.82, 2.24) is 48.8 Å². The summed E-state index contributed by atoms with van der Waals surface area (Å²) in [7, 11) is 2.99. The number of halogens is 6. The Morgan fingerprint density at radius 3 is 1.23 bits per heavy atom. The number of nitrogens with zero attached hydrogens (tertiary/aromatic N) is 10. The lowest BCUT2D eigenvalue weighted by atomic mass is 10.0. The number of ether oxygens (including phenoxy) is 2. The third kappa shape index (κ3) is 14.2. The van der Waals surface area contributed by atoms with E-state index in [9.17, 15) is 55.7 Å². The molecule has 6 heterocycles. The molecular formula is C66H74F6N12O8. The summed E-state index contributed by atoms with van der Waals surface area (Å²) in [6, 6.07) is 26.1. The number of alkyl halides is 6. The summed E-state index contributed by atoms with van der Waals surface area (Å²) >= 11 is 0. The molecule has 0 bridgehead atoms. The quantitative estimate of drug-likeness (QED) is 0.0661. The number of hydrogen-bond acceptors (Lipinski definition) is 14. The first-order valence-electron chi connectivity index (χ1n) is 30.0. The van der Waals surface area contributed by atoms with Gasteiger partial charge in [0.15, 0.2) is 22.7 Å². The molecule has 92 heavy (non-hydrogen) atoms. The molecule has 0 saturated carbocycles. The third-order valence-corrected chi connectivity index (χ3v) is 16.7. The molecule has 488 valence electrons. The standard InChI is InChI=1S/2C33H37F3N6O4/c2*1-19(2)31(44)38-24-8-6-7-23(15-24)27(18-43)40-13-14-41(20(3)17-40)32(45)26-16-37-42-29(33(34,35)36)21(4)28(39-30(26)42)22-9-11-25(46-5)12-10-22/h2*6-12,15-16,19-20,27,43H,13-14,17-18H2,1-5H3,(H,38,44)/t20-,27+;20-,27-/m11/s1. The van der Waals surface area contributed by atoms with Gasteiger partial charge >= 0.3 is 12.4 Å². The Kier molecular flexibility index (Phi) is 20.4. The number of nitrogens with one attached hydrogen (secondary N) is 2. The SMILES string of the molecule is COc1ccc(-c2nc3c(C(=O)N4CCN([C@@H](CO)c5cccc(NC(=O)C(C)C)c5)C[C@H]4C)cnn3c(C(F)(F)F)c2C)cc1.COc1ccc(-c2nc3c(C(=O)N4CCN([C@H](CO)c5cccc(NC(=O)C(C)C)c5)C[C@H]4C)cnn3c(C(F)(F)F)c2C)cc1. The van der Waals surface area contributed by atoms with Gasteiger partial charge in [-0.25, -0.2) is 19.0 Å². The monoisotopic (exact) mass is 1280 g/mol. The number of fused-ring (bicyclic) bond motifs is 2. The predicted molar refractivity (Wildman–Crippen MR) is 333 cm³/mol. The maximum atomic E-state index is 14.4. The third-order valence-electron chi connectivity index (χ3n) is 16.7. The molecule has 0 spiro atoms. The van der Waals surface area contributed by atoms with Crippen molar-refractivity contribution in [2.24, 2.45) is 11.8 Å². The molecule has 20 nitrogen and oxygen atoms in total. The molecule has 8 aromatic rings. The highest BCUT2D eigenvalue weighted by Gasteiger charge is 2.42. The van der Waals surface area contributed by atoms with Crippen molar-refractivity contribution in [1.29, 1.82) is 0 Å². The lowest BCUT2D eigenvalue weighted by Crippen LogP contribution is -2.55. The van der Waals surface area contributed by atoms with Crippen molar-refractivity contribution in [3.63, 3.8) is 0 Å². The molecule has 0 unspecified atom stereocenters. The van der Waals surface area contributed by atoms with E-state index >= 15 is 0 Å². The summed E-state index contributed by atoms with van der Waals surface area (Å²) in [5.74, 6) is -0.488. The maximum Gasteiger partial charge on any atom is 0.433 e. The van der Waals surface area contributed by atoms with Crippen LogP contribution in [0.2, 0.25) is 0 Å². The van der Waals surface area contributed by atoms with Gasteiger partial charge in [-0.05, 0) is 112 Å². The number of anilines is 2. The minimum Gasteiger partial charge on any atom is -0.497 e. The highest BCUT2D eigenvalue weighted by Crippen LogP contribution is 2.40. The summed E-state index contributed by atoms with van der Waals surface area (Å²) in [5, 5.41) is 34.4. The molecule has 2 aliphatic rings. The first kappa shape index (κ1) is 67.4. The Labute approximate surface area is 527 Å². The van der Waals surface area contributed by atoms with Crippen molar-refractivity contribution in [3.05, 3.63) is 154 Å². The topological polar surface area (TPSA) is 225 Å². The van der Waals surface area contributed by atoms with Gasteiger partial charge in [0.25, 0.3) is 11.8 Å². The van der Waals surface area contributed by atoms with Crippen LogP contribution in [-0.2, 0) is 21.9 Å². The molecule has 2 aliphatic heterocycles. The Balaban J connectivity index is 0.000000217. The van der Waals surface area contributed by atoms with Crippen LogP contribution in [0.3, 0.4) is 0 Å². The molecule has 0 radical (unpaired) electrons. The number of hydrogen-bond donors (Lipinski definition) is 4. The van der Waals surface area contributed by atoms with Gasteiger partial charge < -0.3 is 40.1 Å². The molecular weight excluding hydrogens is 1200 g/mol. The Hall–Kier alpha value is -8.98. The van der Waals surface area contributed by atoms with E-state index in [1.807, 2.05) is 50.2 Å². The summed E-state index contributed by atoms with van der Waals surface area (Å²) in [5.41, 5.74) is 1.26. The van der Waals surface area contributed by atoms with Gasteiger partial charge in [0.1, 0.15) is 22.6 Å². The molecule has 2 saturated heterocycles. The van der Waals surface area contributed by atoms with E-state index in [1.54, 1.807) is 98.2 Å². The van der Waals surface area contributed by atoms with Crippen molar-refractivity contribution in [3.8, 4) is 34.0 Å².